The first-order chi connectivity index (χ1) is 13.2. The number of imidazole rings is 1. The van der Waals surface area contributed by atoms with Gasteiger partial charge in [-0.25, -0.2) is 13.8 Å². The summed E-state index contributed by atoms with van der Waals surface area (Å²) in [6, 6.07) is 0. The third-order valence-electron chi connectivity index (χ3n) is 4.48. The SMILES string of the molecule is CCCCCCn1ncc(/N=N/c2n(CCCN)cc[n+]2CCCN)c1N.Cl.Cl.[Br-]. The Morgan fingerprint density at radius 3 is 2.40 bits per heavy atom. The lowest BCUT2D eigenvalue weighted by Crippen LogP contribution is -3.00. The maximum absolute atomic E-state index is 6.19. The average Bonchev–Trinajstić information content (AvgIpc) is 3.23. The second-order valence-corrected chi connectivity index (χ2v) is 6.67. The van der Waals surface area contributed by atoms with E-state index >= 15 is 0 Å². The molecule has 0 amide bonds. The Morgan fingerprint density at radius 1 is 1.00 bits per heavy atom. The van der Waals surface area contributed by atoms with E-state index in [-0.39, 0.29) is 41.8 Å². The highest BCUT2D eigenvalue weighted by Gasteiger charge is 2.17. The fourth-order valence-corrected chi connectivity index (χ4v) is 2.87. The van der Waals surface area contributed by atoms with Gasteiger partial charge >= 0.3 is 5.95 Å². The van der Waals surface area contributed by atoms with Gasteiger partial charge in [0.2, 0.25) is 0 Å². The van der Waals surface area contributed by atoms with Gasteiger partial charge in [-0.2, -0.15) is 5.10 Å². The van der Waals surface area contributed by atoms with Crippen LogP contribution in [0.25, 0.3) is 0 Å². The lowest BCUT2D eigenvalue weighted by Gasteiger charge is -2.03. The molecule has 30 heavy (non-hydrogen) atoms. The van der Waals surface area contributed by atoms with E-state index in [2.05, 4.69) is 31.4 Å². The molecule has 2 heterocycles. The Balaban J connectivity index is 0. The van der Waals surface area contributed by atoms with Crippen molar-refractivity contribution in [3.05, 3.63) is 18.6 Å². The molecule has 2 aromatic rings. The summed E-state index contributed by atoms with van der Waals surface area (Å²) in [5.41, 5.74) is 18.1. The second kappa shape index (κ2) is 17.5. The number of hydrogen-bond donors (Lipinski definition) is 3. The van der Waals surface area contributed by atoms with E-state index in [9.17, 15) is 0 Å². The van der Waals surface area contributed by atoms with Gasteiger partial charge in [-0.3, -0.25) is 0 Å². The third-order valence-corrected chi connectivity index (χ3v) is 4.48. The molecule has 0 bridgehead atoms. The normalized spacial score (nSPS) is 10.5. The average molecular weight is 529 g/mol. The fourth-order valence-electron chi connectivity index (χ4n) is 2.87. The van der Waals surface area contributed by atoms with Crippen molar-refractivity contribution in [2.45, 2.75) is 65.1 Å². The smallest absolute Gasteiger partial charge is 0.421 e. The molecule has 6 N–H and O–H groups in total. The third kappa shape index (κ3) is 9.30. The van der Waals surface area contributed by atoms with Crippen molar-refractivity contribution in [1.82, 2.24) is 14.3 Å². The maximum atomic E-state index is 6.19. The number of aryl methyl sites for hydroxylation is 3. The van der Waals surface area contributed by atoms with Crippen LogP contribution in [0.4, 0.5) is 17.5 Å². The summed E-state index contributed by atoms with van der Waals surface area (Å²) < 4.78 is 5.91. The fraction of sp³-hybridized carbons (Fsp3) is 0.667. The number of nitrogen functional groups attached to an aromatic ring is 1. The first kappa shape index (κ1) is 31.0. The number of aromatic nitrogens is 4. The van der Waals surface area contributed by atoms with E-state index < -0.39 is 0 Å². The van der Waals surface area contributed by atoms with Crippen molar-refractivity contribution in [3.8, 4) is 0 Å². The van der Waals surface area contributed by atoms with Gasteiger partial charge in [0.1, 0.15) is 0 Å². The number of rotatable bonds is 13. The molecule has 0 aliphatic rings. The molecular weight excluding hydrogens is 493 g/mol. The van der Waals surface area contributed by atoms with E-state index in [1.807, 2.05) is 12.4 Å². The molecule has 2 aromatic heterocycles. The quantitative estimate of drug-likeness (QED) is 0.193. The van der Waals surface area contributed by atoms with Crippen molar-refractivity contribution in [2.75, 3.05) is 18.8 Å². The molecule has 0 aliphatic carbocycles. The molecule has 0 fully saturated rings. The minimum Gasteiger partial charge on any atom is -1.00 e. The van der Waals surface area contributed by atoms with E-state index in [0.717, 1.165) is 44.8 Å². The first-order valence-corrected chi connectivity index (χ1v) is 9.93. The minimum absolute atomic E-state index is 0. The van der Waals surface area contributed by atoms with Gasteiger partial charge in [0.05, 0.1) is 31.7 Å². The standard InChI is InChI=1S/C18H33N9.BrH.2ClH/c1-2-3-4-5-12-27-17(21)16(15-22-27)23-24-18-25(10-6-8-19)13-14-26(18)11-7-9-20;;;/h13-15,21H,2-12,19-20H2,1H3;3*1H. The molecule has 0 saturated heterocycles. The zero-order valence-electron chi connectivity index (χ0n) is 17.6. The molecule has 0 aliphatic heterocycles. The largest absolute Gasteiger partial charge is 1.00 e. The van der Waals surface area contributed by atoms with Gasteiger partial charge < -0.3 is 34.2 Å². The Kier molecular flexibility index (Phi) is 18.1. The molecule has 0 spiro atoms. The van der Waals surface area contributed by atoms with Crippen LogP contribution in [0.2, 0.25) is 0 Å². The van der Waals surface area contributed by atoms with Crippen LogP contribution in [-0.4, -0.2) is 27.4 Å². The molecule has 0 aromatic carbocycles. The van der Waals surface area contributed by atoms with Crippen molar-refractivity contribution in [2.24, 2.45) is 21.7 Å². The Morgan fingerprint density at radius 2 is 1.73 bits per heavy atom. The summed E-state index contributed by atoms with van der Waals surface area (Å²) in [5.74, 6) is 1.33. The monoisotopic (exact) mass is 527 g/mol. The van der Waals surface area contributed by atoms with E-state index in [4.69, 9.17) is 17.2 Å². The Bertz CT molecular complexity index is 693. The summed E-state index contributed by atoms with van der Waals surface area (Å²) in [6.07, 6.45) is 12.1. The number of nitrogens with zero attached hydrogens (tertiary/aromatic N) is 6. The van der Waals surface area contributed by atoms with E-state index in [0.29, 0.717) is 24.6 Å². The molecule has 174 valence electrons. The van der Waals surface area contributed by atoms with E-state index in [1.165, 1.54) is 19.3 Å². The Labute approximate surface area is 202 Å². The molecule has 12 heteroatoms. The zero-order valence-corrected chi connectivity index (χ0v) is 20.8. The summed E-state index contributed by atoms with van der Waals surface area (Å²) >= 11 is 0. The van der Waals surface area contributed by atoms with Gasteiger partial charge in [0, 0.05) is 11.7 Å². The minimum atomic E-state index is 0. The highest BCUT2D eigenvalue weighted by atomic mass is 79.9. The molecule has 0 unspecified atom stereocenters. The summed E-state index contributed by atoms with van der Waals surface area (Å²) in [7, 11) is 0. The van der Waals surface area contributed by atoms with Crippen LogP contribution < -0.4 is 38.7 Å². The van der Waals surface area contributed by atoms with Gasteiger partial charge in [-0.05, 0) is 32.4 Å². The van der Waals surface area contributed by atoms with Crippen molar-refractivity contribution in [3.63, 3.8) is 0 Å². The summed E-state index contributed by atoms with van der Waals surface area (Å²) in [4.78, 5) is 0. The predicted molar refractivity (Wildman–Crippen MR) is 121 cm³/mol. The lowest BCUT2D eigenvalue weighted by molar-refractivity contribution is -0.683. The van der Waals surface area contributed by atoms with Gasteiger partial charge in [0.15, 0.2) is 11.5 Å². The second-order valence-electron chi connectivity index (χ2n) is 6.67. The lowest BCUT2D eigenvalue weighted by atomic mass is 10.2. The topological polar surface area (TPSA) is 129 Å². The zero-order chi connectivity index (χ0) is 19.5. The molecule has 0 saturated carbocycles. The van der Waals surface area contributed by atoms with Crippen LogP contribution in [0.1, 0.15) is 45.4 Å². The van der Waals surface area contributed by atoms with Crippen LogP contribution >= 0.6 is 24.8 Å². The Hall–Kier alpha value is -1.20. The predicted octanol–water partition coefficient (Wildman–Crippen LogP) is 0.0952. The number of azo groups is 1. The van der Waals surface area contributed by atoms with Crippen LogP contribution in [0, 0.1) is 0 Å². The van der Waals surface area contributed by atoms with Gasteiger partial charge in [-0.15, -0.1) is 24.8 Å². The molecule has 9 nitrogen and oxygen atoms in total. The van der Waals surface area contributed by atoms with Crippen LogP contribution in [0.15, 0.2) is 28.8 Å². The van der Waals surface area contributed by atoms with Gasteiger partial charge in [-0.1, -0.05) is 31.3 Å². The number of anilines is 1. The van der Waals surface area contributed by atoms with Crippen molar-refractivity contribution in [1.29, 1.82) is 0 Å². The number of halogens is 3. The summed E-state index contributed by atoms with van der Waals surface area (Å²) in [5, 5.41) is 13.2. The highest BCUT2D eigenvalue weighted by Crippen LogP contribution is 2.24. The summed E-state index contributed by atoms with van der Waals surface area (Å²) in [6.45, 7) is 5.87. The molecular formula is C18H36BrCl2N9. The van der Waals surface area contributed by atoms with Crippen molar-refractivity contribution >= 4 is 42.3 Å². The molecule has 2 rings (SSSR count). The molecule has 0 atom stereocenters. The van der Waals surface area contributed by atoms with Crippen LogP contribution in [0.5, 0.6) is 0 Å². The van der Waals surface area contributed by atoms with E-state index in [1.54, 1.807) is 10.9 Å². The highest BCUT2D eigenvalue weighted by molar-refractivity contribution is 5.85. The number of nitrogens with two attached hydrogens (primary N) is 3. The first-order valence-electron chi connectivity index (χ1n) is 9.93. The van der Waals surface area contributed by atoms with Crippen LogP contribution in [-0.2, 0) is 19.6 Å². The van der Waals surface area contributed by atoms with Crippen molar-refractivity contribution < 1.29 is 21.5 Å². The number of hydrogen-bond acceptors (Lipinski definition) is 6. The maximum Gasteiger partial charge on any atom is 0.421 e. The number of unbranched alkanes of at least 4 members (excludes halogenated alkanes) is 3. The van der Waals surface area contributed by atoms with Crippen LogP contribution in [0.3, 0.4) is 0 Å². The van der Waals surface area contributed by atoms with Gasteiger partial charge in [0.25, 0.3) is 0 Å². The molecule has 0 radical (unpaired) electrons.